The second-order valence-corrected chi connectivity index (χ2v) is 4.91. The summed E-state index contributed by atoms with van der Waals surface area (Å²) in [5.74, 6) is -0.0493. The van der Waals surface area contributed by atoms with E-state index < -0.39 is 5.41 Å². The van der Waals surface area contributed by atoms with Crippen LogP contribution in [0.3, 0.4) is 0 Å². The highest BCUT2D eigenvalue weighted by Crippen LogP contribution is 2.31. The standard InChI is InChI=1S/C13H25N3O3/c1-4-10-9-19-8-7-16(10)12(17)13(5-2,6-3)11(14)15-18/h10,18H,4-9H2,1-3H3,(H2,14,15). The number of ether oxygens (including phenoxy) is 1. The SMILES string of the molecule is CCC1COCCN1C(=O)C(CC)(CC)C(N)=NO. The van der Waals surface area contributed by atoms with Crippen molar-refractivity contribution in [2.24, 2.45) is 16.3 Å². The van der Waals surface area contributed by atoms with Gasteiger partial charge in [-0.15, -0.1) is 0 Å². The molecule has 19 heavy (non-hydrogen) atoms. The van der Waals surface area contributed by atoms with Crippen LogP contribution in [0.1, 0.15) is 40.0 Å². The van der Waals surface area contributed by atoms with Gasteiger partial charge in [0.2, 0.25) is 5.91 Å². The van der Waals surface area contributed by atoms with Crippen molar-refractivity contribution < 1.29 is 14.7 Å². The maximum atomic E-state index is 12.9. The molecule has 1 aliphatic heterocycles. The van der Waals surface area contributed by atoms with E-state index in [1.807, 2.05) is 25.7 Å². The third-order valence-corrected chi connectivity index (χ3v) is 4.17. The van der Waals surface area contributed by atoms with Crippen LogP contribution in [0.2, 0.25) is 0 Å². The van der Waals surface area contributed by atoms with E-state index in [2.05, 4.69) is 5.16 Å². The summed E-state index contributed by atoms with van der Waals surface area (Å²) in [7, 11) is 0. The Morgan fingerprint density at radius 2 is 2.11 bits per heavy atom. The lowest BCUT2D eigenvalue weighted by Gasteiger charge is -2.41. The molecule has 1 atom stereocenters. The summed E-state index contributed by atoms with van der Waals surface area (Å²) in [6.45, 7) is 7.48. The molecule has 0 aromatic heterocycles. The van der Waals surface area contributed by atoms with Crippen molar-refractivity contribution in [1.29, 1.82) is 0 Å². The molecule has 0 radical (unpaired) electrons. The second kappa shape index (κ2) is 6.75. The van der Waals surface area contributed by atoms with Gasteiger partial charge in [0.1, 0.15) is 5.41 Å². The molecule has 1 saturated heterocycles. The predicted octanol–water partition coefficient (Wildman–Crippen LogP) is 1.18. The Balaban J connectivity index is 3.05. The average molecular weight is 271 g/mol. The number of nitrogens with two attached hydrogens (primary N) is 1. The van der Waals surface area contributed by atoms with Crippen LogP contribution in [0.4, 0.5) is 0 Å². The van der Waals surface area contributed by atoms with E-state index in [0.29, 0.717) is 32.6 Å². The van der Waals surface area contributed by atoms with Crippen LogP contribution in [0, 0.1) is 5.41 Å². The summed E-state index contributed by atoms with van der Waals surface area (Å²) in [6.07, 6.45) is 1.88. The molecule has 110 valence electrons. The minimum Gasteiger partial charge on any atom is -0.409 e. The number of amidine groups is 1. The molecule has 0 bridgehead atoms. The van der Waals surface area contributed by atoms with Gasteiger partial charge in [0.15, 0.2) is 5.84 Å². The molecule has 1 aliphatic rings. The van der Waals surface area contributed by atoms with Gasteiger partial charge in [-0.1, -0.05) is 25.9 Å². The van der Waals surface area contributed by atoms with E-state index in [-0.39, 0.29) is 17.8 Å². The number of morpholine rings is 1. The maximum Gasteiger partial charge on any atom is 0.236 e. The van der Waals surface area contributed by atoms with Crippen LogP contribution in [0.25, 0.3) is 0 Å². The Labute approximate surface area is 114 Å². The number of hydrogen-bond acceptors (Lipinski definition) is 4. The lowest BCUT2D eigenvalue weighted by molar-refractivity contribution is -0.147. The van der Waals surface area contributed by atoms with Crippen molar-refractivity contribution in [3.05, 3.63) is 0 Å². The molecule has 0 aromatic rings. The Kier molecular flexibility index (Phi) is 5.60. The van der Waals surface area contributed by atoms with Crippen LogP contribution >= 0.6 is 0 Å². The maximum absolute atomic E-state index is 12.9. The fourth-order valence-corrected chi connectivity index (χ4v) is 2.66. The fourth-order valence-electron chi connectivity index (χ4n) is 2.66. The fraction of sp³-hybridized carbons (Fsp3) is 0.846. The van der Waals surface area contributed by atoms with Crippen molar-refractivity contribution in [1.82, 2.24) is 4.90 Å². The van der Waals surface area contributed by atoms with E-state index in [1.54, 1.807) is 0 Å². The summed E-state index contributed by atoms with van der Waals surface area (Å²) in [6, 6.07) is 0.0743. The van der Waals surface area contributed by atoms with Gasteiger partial charge in [-0.2, -0.15) is 0 Å². The zero-order chi connectivity index (χ0) is 14.5. The van der Waals surface area contributed by atoms with Crippen LogP contribution in [0.15, 0.2) is 5.16 Å². The van der Waals surface area contributed by atoms with Crippen molar-refractivity contribution in [3.63, 3.8) is 0 Å². The highest BCUT2D eigenvalue weighted by molar-refractivity contribution is 6.06. The Hall–Kier alpha value is -1.30. The van der Waals surface area contributed by atoms with E-state index >= 15 is 0 Å². The zero-order valence-corrected chi connectivity index (χ0v) is 12.1. The lowest BCUT2D eigenvalue weighted by atomic mass is 9.79. The molecule has 1 fully saturated rings. The molecular weight excluding hydrogens is 246 g/mol. The van der Waals surface area contributed by atoms with Crippen molar-refractivity contribution >= 4 is 11.7 Å². The second-order valence-electron chi connectivity index (χ2n) is 4.91. The van der Waals surface area contributed by atoms with E-state index in [1.165, 1.54) is 0 Å². The summed E-state index contributed by atoms with van der Waals surface area (Å²) in [5, 5.41) is 12.1. The first kappa shape index (κ1) is 15.8. The monoisotopic (exact) mass is 271 g/mol. The van der Waals surface area contributed by atoms with Crippen molar-refractivity contribution in [3.8, 4) is 0 Å². The number of carbonyl (C=O) groups excluding carboxylic acids is 1. The van der Waals surface area contributed by atoms with Gasteiger partial charge in [0.05, 0.1) is 19.3 Å². The molecular formula is C13H25N3O3. The molecule has 1 rings (SSSR count). The van der Waals surface area contributed by atoms with Gasteiger partial charge in [0, 0.05) is 6.54 Å². The van der Waals surface area contributed by atoms with Gasteiger partial charge in [-0.05, 0) is 19.3 Å². The Morgan fingerprint density at radius 1 is 1.47 bits per heavy atom. The number of amides is 1. The van der Waals surface area contributed by atoms with Crippen LogP contribution in [-0.2, 0) is 9.53 Å². The summed E-state index contributed by atoms with van der Waals surface area (Å²) >= 11 is 0. The van der Waals surface area contributed by atoms with E-state index in [0.717, 1.165) is 6.42 Å². The van der Waals surface area contributed by atoms with Crippen LogP contribution in [-0.4, -0.2) is 47.7 Å². The smallest absolute Gasteiger partial charge is 0.236 e. The largest absolute Gasteiger partial charge is 0.409 e. The normalized spacial score (nSPS) is 21.5. The van der Waals surface area contributed by atoms with E-state index in [9.17, 15) is 4.79 Å². The molecule has 1 unspecified atom stereocenters. The predicted molar refractivity (Wildman–Crippen MR) is 73.0 cm³/mol. The third kappa shape index (κ3) is 2.83. The molecule has 6 nitrogen and oxygen atoms in total. The first-order chi connectivity index (χ1) is 9.07. The minimum absolute atomic E-state index is 0.00356. The van der Waals surface area contributed by atoms with Gasteiger partial charge in [-0.25, -0.2) is 0 Å². The quantitative estimate of drug-likeness (QED) is 0.340. The first-order valence-electron chi connectivity index (χ1n) is 6.94. The molecule has 1 amide bonds. The molecule has 0 aliphatic carbocycles. The topological polar surface area (TPSA) is 88.2 Å². The van der Waals surface area contributed by atoms with Crippen LogP contribution < -0.4 is 5.73 Å². The van der Waals surface area contributed by atoms with E-state index in [4.69, 9.17) is 15.7 Å². The summed E-state index contributed by atoms with van der Waals surface area (Å²) in [4.78, 5) is 14.7. The summed E-state index contributed by atoms with van der Waals surface area (Å²) in [5.41, 5.74) is 4.89. The molecule has 0 aromatic carbocycles. The average Bonchev–Trinajstić information content (AvgIpc) is 2.48. The number of oxime groups is 1. The van der Waals surface area contributed by atoms with Gasteiger partial charge in [-0.3, -0.25) is 4.79 Å². The van der Waals surface area contributed by atoms with Crippen LogP contribution in [0.5, 0.6) is 0 Å². The number of rotatable bonds is 5. The molecule has 0 saturated carbocycles. The number of carbonyl (C=O) groups is 1. The summed E-state index contributed by atoms with van der Waals surface area (Å²) < 4.78 is 5.42. The molecule has 6 heteroatoms. The zero-order valence-electron chi connectivity index (χ0n) is 12.1. The highest BCUT2D eigenvalue weighted by atomic mass is 16.5. The van der Waals surface area contributed by atoms with Gasteiger partial charge in [0.25, 0.3) is 0 Å². The van der Waals surface area contributed by atoms with Crippen molar-refractivity contribution in [2.45, 2.75) is 46.1 Å². The van der Waals surface area contributed by atoms with Crippen molar-refractivity contribution in [2.75, 3.05) is 19.8 Å². The minimum atomic E-state index is -0.903. The third-order valence-electron chi connectivity index (χ3n) is 4.17. The number of nitrogens with zero attached hydrogens (tertiary/aromatic N) is 2. The lowest BCUT2D eigenvalue weighted by Crippen LogP contribution is -2.57. The van der Waals surface area contributed by atoms with Gasteiger partial charge < -0.3 is 20.6 Å². The molecule has 3 N–H and O–H groups in total. The Bertz CT molecular complexity index is 340. The first-order valence-corrected chi connectivity index (χ1v) is 6.94. The molecule has 0 spiro atoms. The van der Waals surface area contributed by atoms with Gasteiger partial charge >= 0.3 is 0 Å². The Morgan fingerprint density at radius 3 is 2.58 bits per heavy atom. The number of hydrogen-bond donors (Lipinski definition) is 2. The highest BCUT2D eigenvalue weighted by Gasteiger charge is 2.44. The molecule has 1 heterocycles.